The van der Waals surface area contributed by atoms with Gasteiger partial charge in [-0.15, -0.1) is 0 Å². The van der Waals surface area contributed by atoms with Gasteiger partial charge in [-0.2, -0.15) is 9.36 Å². The Morgan fingerprint density at radius 1 is 0.889 bits per heavy atom. The van der Waals surface area contributed by atoms with Gasteiger partial charge in [-0.3, -0.25) is 0 Å². The molecule has 0 fully saturated rings. The average Bonchev–Trinajstić information content (AvgIpc) is 3.08. The molecule has 0 saturated heterocycles. The summed E-state index contributed by atoms with van der Waals surface area (Å²) in [6.45, 7) is 0.0215. The first-order valence-electron chi connectivity index (χ1n) is 7.76. The maximum atomic E-state index is 13.1. The molecule has 0 saturated carbocycles. The minimum absolute atomic E-state index is 0.0215. The summed E-state index contributed by atoms with van der Waals surface area (Å²) in [6.07, 6.45) is 0. The molecule has 0 radical (unpaired) electrons. The highest BCUT2D eigenvalue weighted by atomic mass is 35.5. The van der Waals surface area contributed by atoms with Crippen LogP contribution in [0.15, 0.2) is 50.0 Å². The van der Waals surface area contributed by atoms with E-state index in [0.717, 1.165) is 19.5 Å². The molecule has 2 bridgehead atoms. The van der Waals surface area contributed by atoms with E-state index >= 15 is 0 Å². The predicted molar refractivity (Wildman–Crippen MR) is 102 cm³/mol. The van der Waals surface area contributed by atoms with Crippen LogP contribution in [0.3, 0.4) is 0 Å². The van der Waals surface area contributed by atoms with Crippen LogP contribution in [0.1, 0.15) is 5.56 Å². The van der Waals surface area contributed by atoms with Crippen molar-refractivity contribution in [3.8, 4) is 0 Å². The lowest BCUT2D eigenvalue weighted by Gasteiger charge is -2.38. The van der Waals surface area contributed by atoms with E-state index in [9.17, 15) is 9.59 Å². The number of aromatic nitrogens is 3. The summed E-state index contributed by atoms with van der Waals surface area (Å²) in [7, 11) is 2.55. The Morgan fingerprint density at radius 3 is 1.74 bits per heavy atom. The van der Waals surface area contributed by atoms with Gasteiger partial charge in [-0.05, 0) is 5.56 Å². The third-order valence-corrected chi connectivity index (χ3v) is 7.42. The van der Waals surface area contributed by atoms with Gasteiger partial charge in [0.05, 0.1) is 16.6 Å². The molecular formula is C16H13Cl4N3O4. The Labute approximate surface area is 173 Å². The van der Waals surface area contributed by atoms with Crippen molar-refractivity contribution < 1.29 is 9.47 Å². The molecule has 7 nitrogen and oxygen atoms in total. The number of fused-ring (bicyclic) bond motifs is 5. The minimum Gasteiger partial charge on any atom is -0.347 e. The Balaban J connectivity index is 2.03. The number of methoxy groups -OCH3 is 2. The van der Waals surface area contributed by atoms with Crippen LogP contribution in [-0.2, 0) is 26.0 Å². The molecular weight excluding hydrogens is 440 g/mol. The standard InChI is InChI=1S/C16H13Cl4N3O4/c1-26-16(27-2)14(19)10(17)11(18)15(16,20)23-13(25)21(12(24)22(14)23)8-9-6-4-3-5-7-9/h3-7H,8H2,1-2H3. The van der Waals surface area contributed by atoms with Gasteiger partial charge >= 0.3 is 11.4 Å². The van der Waals surface area contributed by atoms with Crippen LogP contribution in [0.4, 0.5) is 0 Å². The number of rotatable bonds is 4. The van der Waals surface area contributed by atoms with Crippen LogP contribution in [-0.4, -0.2) is 33.9 Å². The third kappa shape index (κ3) is 1.88. The van der Waals surface area contributed by atoms with Gasteiger partial charge < -0.3 is 9.47 Å². The molecule has 11 heteroatoms. The molecule has 0 spiro atoms. The summed E-state index contributed by atoms with van der Waals surface area (Å²) in [4.78, 5) is 22.3. The maximum absolute atomic E-state index is 13.1. The van der Waals surface area contributed by atoms with E-state index in [2.05, 4.69) is 0 Å². The van der Waals surface area contributed by atoms with Crippen LogP contribution in [0.2, 0.25) is 0 Å². The number of hydrogen-bond donors (Lipinski definition) is 0. The van der Waals surface area contributed by atoms with Crippen LogP contribution in [0.5, 0.6) is 0 Å². The highest BCUT2D eigenvalue weighted by Gasteiger charge is 2.82. The second-order valence-electron chi connectivity index (χ2n) is 6.16. The summed E-state index contributed by atoms with van der Waals surface area (Å²) in [5, 5.41) is -0.299. The SMILES string of the molecule is COC1(OC)C2(Cl)C(Cl)=C(Cl)C1(Cl)n1c(=O)n(Cc3ccccc3)c(=O)n12. The van der Waals surface area contributed by atoms with Crippen LogP contribution >= 0.6 is 46.4 Å². The molecule has 27 heavy (non-hydrogen) atoms. The van der Waals surface area contributed by atoms with Gasteiger partial charge in [-0.1, -0.05) is 76.7 Å². The average molecular weight is 453 g/mol. The summed E-state index contributed by atoms with van der Waals surface area (Å²) >= 11 is 26.2. The lowest BCUT2D eigenvalue weighted by Crippen LogP contribution is -2.58. The normalized spacial score (nSPS) is 28.1. The fraction of sp³-hybridized carbons (Fsp3) is 0.375. The molecule has 1 aromatic carbocycles. The van der Waals surface area contributed by atoms with Crippen molar-refractivity contribution in [2.75, 3.05) is 14.2 Å². The Bertz CT molecular complexity index is 1030. The molecule has 1 aliphatic carbocycles. The molecule has 1 aromatic heterocycles. The first-order valence-corrected chi connectivity index (χ1v) is 9.27. The lowest BCUT2D eigenvalue weighted by molar-refractivity contribution is -0.240. The highest BCUT2D eigenvalue weighted by Crippen LogP contribution is 2.68. The summed E-state index contributed by atoms with van der Waals surface area (Å²) in [6, 6.07) is 9.00. The van der Waals surface area contributed by atoms with Gasteiger partial charge in [0.25, 0.3) is 5.79 Å². The number of nitrogens with zero attached hydrogens (tertiary/aromatic N) is 3. The predicted octanol–water partition coefficient (Wildman–Crippen LogP) is 2.35. The lowest BCUT2D eigenvalue weighted by atomic mass is 10.1. The largest absolute Gasteiger partial charge is 0.349 e. The smallest absolute Gasteiger partial charge is 0.347 e. The zero-order valence-corrected chi connectivity index (χ0v) is 17.1. The van der Waals surface area contributed by atoms with E-state index in [1.54, 1.807) is 24.3 Å². The zero-order chi connectivity index (χ0) is 19.8. The first kappa shape index (κ1) is 19.1. The molecule has 2 aliphatic rings. The highest BCUT2D eigenvalue weighted by molar-refractivity contribution is 6.50. The Kier molecular flexibility index (Phi) is 4.17. The topological polar surface area (TPSA) is 67.4 Å². The van der Waals surface area contributed by atoms with Gasteiger partial charge in [0.1, 0.15) is 0 Å². The summed E-state index contributed by atoms with van der Waals surface area (Å²) < 4.78 is 13.8. The maximum Gasteiger partial charge on any atom is 0.349 e. The Morgan fingerprint density at radius 2 is 1.33 bits per heavy atom. The van der Waals surface area contributed by atoms with Crippen molar-refractivity contribution >= 4 is 46.4 Å². The van der Waals surface area contributed by atoms with Gasteiger partial charge in [-0.25, -0.2) is 14.2 Å². The second-order valence-corrected chi connectivity index (χ2v) is 8.01. The number of hydrogen-bond acceptors (Lipinski definition) is 4. The molecule has 0 N–H and O–H groups in total. The fourth-order valence-corrected chi connectivity index (χ4v) is 5.70. The van der Waals surface area contributed by atoms with Crippen LogP contribution in [0.25, 0.3) is 0 Å². The number of halogens is 4. The van der Waals surface area contributed by atoms with Crippen molar-refractivity contribution in [2.45, 2.75) is 22.3 Å². The van der Waals surface area contributed by atoms with E-state index < -0.39 is 27.2 Å². The molecule has 2 unspecified atom stereocenters. The summed E-state index contributed by atoms with van der Waals surface area (Å²) in [5.41, 5.74) is -0.694. The van der Waals surface area contributed by atoms with Gasteiger partial charge in [0.15, 0.2) is 0 Å². The zero-order valence-electron chi connectivity index (χ0n) is 14.1. The van der Waals surface area contributed by atoms with Gasteiger partial charge in [0, 0.05) is 14.2 Å². The van der Waals surface area contributed by atoms with E-state index in [4.69, 9.17) is 55.9 Å². The van der Waals surface area contributed by atoms with Crippen molar-refractivity contribution in [2.24, 2.45) is 0 Å². The third-order valence-electron chi connectivity index (χ3n) is 5.01. The Hall–Kier alpha value is -1.22. The van der Waals surface area contributed by atoms with E-state index in [1.807, 2.05) is 6.07 Å². The second kappa shape index (κ2) is 5.89. The quantitative estimate of drug-likeness (QED) is 0.527. The molecule has 144 valence electrons. The van der Waals surface area contributed by atoms with Crippen LogP contribution in [0, 0.1) is 0 Å². The first-order chi connectivity index (χ1) is 12.7. The molecule has 2 heterocycles. The number of benzene rings is 1. The van der Waals surface area contributed by atoms with Crippen molar-refractivity contribution in [1.82, 2.24) is 13.9 Å². The van der Waals surface area contributed by atoms with Crippen molar-refractivity contribution in [3.63, 3.8) is 0 Å². The minimum atomic E-state index is -1.95. The van der Waals surface area contributed by atoms with Crippen molar-refractivity contribution in [1.29, 1.82) is 0 Å². The number of alkyl halides is 2. The molecule has 0 amide bonds. The molecule has 4 rings (SSSR count). The fourth-order valence-electron chi connectivity index (χ4n) is 3.81. The molecule has 2 atom stereocenters. The van der Waals surface area contributed by atoms with Crippen LogP contribution < -0.4 is 11.4 Å². The summed E-state index contributed by atoms with van der Waals surface area (Å²) in [5.74, 6) is -1.90. The van der Waals surface area contributed by atoms with Gasteiger partial charge in [0.2, 0.25) is 10.00 Å². The number of ether oxygens (including phenoxy) is 2. The van der Waals surface area contributed by atoms with E-state index in [0.29, 0.717) is 0 Å². The van der Waals surface area contributed by atoms with Crippen molar-refractivity contribution in [3.05, 3.63) is 66.9 Å². The molecule has 2 aromatic rings. The monoisotopic (exact) mass is 451 g/mol. The van der Waals surface area contributed by atoms with E-state index in [1.165, 1.54) is 14.2 Å². The van der Waals surface area contributed by atoms with E-state index in [-0.39, 0.29) is 16.6 Å². The molecule has 1 aliphatic heterocycles.